The van der Waals surface area contributed by atoms with E-state index in [0.29, 0.717) is 16.7 Å². The highest BCUT2D eigenvalue weighted by molar-refractivity contribution is 9.10. The second-order valence-corrected chi connectivity index (χ2v) is 7.13. The largest absolute Gasteiger partial charge is 0.380 e. The maximum absolute atomic E-state index is 12.2. The molecule has 0 atom stereocenters. The highest BCUT2D eigenvalue weighted by Crippen LogP contribution is 2.28. The fraction of sp³-hybridized carbons (Fsp3) is 0.231. The third-order valence-electron chi connectivity index (χ3n) is 2.45. The lowest BCUT2D eigenvalue weighted by Gasteiger charge is -2.06. The molecule has 0 fully saturated rings. The van der Waals surface area contributed by atoms with E-state index in [9.17, 15) is 8.78 Å². The van der Waals surface area contributed by atoms with E-state index in [4.69, 9.17) is 0 Å². The molecular formula is C13H12BrF2NS2. The molecule has 0 radical (unpaired) electrons. The summed E-state index contributed by atoms with van der Waals surface area (Å²) in [5.41, 5.74) is 0.931. The number of rotatable bonds is 5. The number of benzene rings is 1. The molecule has 1 aromatic carbocycles. The van der Waals surface area contributed by atoms with E-state index < -0.39 is 5.76 Å². The molecule has 102 valence electrons. The minimum atomic E-state index is -2.37. The molecule has 0 aliphatic rings. The topological polar surface area (TPSA) is 12.0 Å². The predicted molar refractivity (Wildman–Crippen MR) is 82.4 cm³/mol. The van der Waals surface area contributed by atoms with E-state index in [-0.39, 0.29) is 0 Å². The lowest BCUT2D eigenvalue weighted by Crippen LogP contribution is -1.96. The standard InChI is InChI=1S/C13H12BrF2NS2/c1-8-12(14)6-11(18-8)7-17-9-2-4-10(5-3-9)19-13(15)16/h2-6,13,17H,7H2,1H3. The first-order chi connectivity index (χ1) is 9.04. The van der Waals surface area contributed by atoms with Crippen LogP contribution >= 0.6 is 39.0 Å². The monoisotopic (exact) mass is 363 g/mol. The Kier molecular flexibility index (Phi) is 5.24. The van der Waals surface area contributed by atoms with Gasteiger partial charge in [-0.2, -0.15) is 8.78 Å². The SMILES string of the molecule is Cc1sc(CNc2ccc(SC(F)F)cc2)cc1Br. The van der Waals surface area contributed by atoms with E-state index in [1.54, 1.807) is 23.5 Å². The van der Waals surface area contributed by atoms with Gasteiger partial charge in [0.05, 0.1) is 0 Å². The van der Waals surface area contributed by atoms with Gasteiger partial charge >= 0.3 is 0 Å². The Bertz CT molecular complexity index is 521. The van der Waals surface area contributed by atoms with Crippen LogP contribution in [0.4, 0.5) is 14.5 Å². The third-order valence-corrected chi connectivity index (χ3v) is 5.31. The van der Waals surface area contributed by atoms with Crippen molar-refractivity contribution in [1.29, 1.82) is 0 Å². The molecule has 1 nitrogen and oxygen atoms in total. The van der Waals surface area contributed by atoms with Crippen molar-refractivity contribution in [2.45, 2.75) is 24.1 Å². The number of halogens is 3. The molecule has 0 aliphatic carbocycles. The van der Waals surface area contributed by atoms with Crippen molar-refractivity contribution in [3.05, 3.63) is 44.6 Å². The van der Waals surface area contributed by atoms with Crippen molar-refractivity contribution >= 4 is 44.7 Å². The van der Waals surface area contributed by atoms with Gasteiger partial charge in [-0.05, 0) is 53.2 Å². The van der Waals surface area contributed by atoms with Gasteiger partial charge in [0.2, 0.25) is 0 Å². The molecular weight excluding hydrogens is 352 g/mol. The minimum absolute atomic E-state index is 0.562. The Morgan fingerprint density at radius 1 is 1.32 bits per heavy atom. The van der Waals surface area contributed by atoms with Crippen molar-refractivity contribution in [3.63, 3.8) is 0 Å². The summed E-state index contributed by atoms with van der Waals surface area (Å²) in [5.74, 6) is -2.37. The molecule has 0 spiro atoms. The van der Waals surface area contributed by atoms with Crippen LogP contribution in [0, 0.1) is 6.92 Å². The lowest BCUT2D eigenvalue weighted by molar-refractivity contribution is 0.252. The molecule has 0 bridgehead atoms. The fourth-order valence-corrected chi connectivity index (χ4v) is 3.59. The van der Waals surface area contributed by atoms with E-state index in [1.807, 2.05) is 12.1 Å². The summed E-state index contributed by atoms with van der Waals surface area (Å²) in [4.78, 5) is 3.06. The number of hydrogen-bond donors (Lipinski definition) is 1. The number of thiophene rings is 1. The van der Waals surface area contributed by atoms with Gasteiger partial charge in [0.15, 0.2) is 0 Å². The Hall–Kier alpha value is -0.590. The average Bonchev–Trinajstić information content (AvgIpc) is 2.67. The summed E-state index contributed by atoms with van der Waals surface area (Å²) in [6.45, 7) is 2.80. The molecule has 19 heavy (non-hydrogen) atoms. The minimum Gasteiger partial charge on any atom is -0.380 e. The zero-order chi connectivity index (χ0) is 13.8. The van der Waals surface area contributed by atoms with Crippen LogP contribution in [0.2, 0.25) is 0 Å². The number of aryl methyl sites for hydroxylation is 1. The summed E-state index contributed by atoms with van der Waals surface area (Å²) in [6.07, 6.45) is 0. The fourth-order valence-electron chi connectivity index (χ4n) is 1.55. The molecule has 0 unspecified atom stereocenters. The maximum atomic E-state index is 12.2. The molecule has 0 saturated carbocycles. The number of alkyl halides is 2. The van der Waals surface area contributed by atoms with Crippen LogP contribution in [0.3, 0.4) is 0 Å². The Labute approximate surface area is 127 Å². The summed E-state index contributed by atoms with van der Waals surface area (Å²) < 4.78 is 25.5. The highest BCUT2D eigenvalue weighted by Gasteiger charge is 2.05. The van der Waals surface area contributed by atoms with Gasteiger partial charge in [-0.3, -0.25) is 0 Å². The first-order valence-corrected chi connectivity index (χ1v) is 8.07. The summed E-state index contributed by atoms with van der Waals surface area (Å²) in [5, 5.41) is 3.27. The van der Waals surface area contributed by atoms with Crippen LogP contribution in [0.1, 0.15) is 9.75 Å². The third kappa shape index (κ3) is 4.47. The summed E-state index contributed by atoms with van der Waals surface area (Å²) >= 11 is 5.78. The zero-order valence-corrected chi connectivity index (χ0v) is 13.3. The van der Waals surface area contributed by atoms with Crippen LogP contribution in [-0.2, 0) is 6.54 Å². The molecule has 1 heterocycles. The smallest absolute Gasteiger partial charge is 0.288 e. The van der Waals surface area contributed by atoms with E-state index in [1.165, 1.54) is 9.75 Å². The van der Waals surface area contributed by atoms with Gasteiger partial charge in [0.25, 0.3) is 5.76 Å². The van der Waals surface area contributed by atoms with Crippen molar-refractivity contribution in [2.75, 3.05) is 5.32 Å². The van der Waals surface area contributed by atoms with Gasteiger partial charge in [0.1, 0.15) is 0 Å². The van der Waals surface area contributed by atoms with E-state index in [0.717, 1.165) is 16.7 Å². The quantitative estimate of drug-likeness (QED) is 0.679. The number of nitrogens with one attached hydrogen (secondary N) is 1. The molecule has 1 N–H and O–H groups in total. The van der Waals surface area contributed by atoms with Crippen molar-refractivity contribution in [2.24, 2.45) is 0 Å². The van der Waals surface area contributed by atoms with Crippen LogP contribution in [0.5, 0.6) is 0 Å². The van der Waals surface area contributed by atoms with Crippen LogP contribution in [-0.4, -0.2) is 5.76 Å². The second kappa shape index (κ2) is 6.72. The molecule has 2 aromatic rings. The van der Waals surface area contributed by atoms with E-state index >= 15 is 0 Å². The normalized spacial score (nSPS) is 11.0. The molecule has 0 aliphatic heterocycles. The lowest BCUT2D eigenvalue weighted by atomic mass is 10.3. The van der Waals surface area contributed by atoms with Gasteiger partial charge in [-0.1, -0.05) is 11.8 Å². The molecule has 0 saturated heterocycles. The number of thioether (sulfide) groups is 1. The van der Waals surface area contributed by atoms with Crippen molar-refractivity contribution in [1.82, 2.24) is 0 Å². The Morgan fingerprint density at radius 3 is 2.53 bits per heavy atom. The first-order valence-electron chi connectivity index (χ1n) is 5.58. The molecule has 1 aromatic heterocycles. The van der Waals surface area contributed by atoms with E-state index in [2.05, 4.69) is 34.2 Å². The van der Waals surface area contributed by atoms with Crippen molar-refractivity contribution < 1.29 is 8.78 Å². The van der Waals surface area contributed by atoms with Crippen LogP contribution in [0.15, 0.2) is 39.7 Å². The molecule has 0 amide bonds. The molecule has 2 rings (SSSR count). The highest BCUT2D eigenvalue weighted by atomic mass is 79.9. The van der Waals surface area contributed by atoms with Gasteiger partial charge in [-0.15, -0.1) is 11.3 Å². The maximum Gasteiger partial charge on any atom is 0.288 e. The van der Waals surface area contributed by atoms with Crippen LogP contribution < -0.4 is 5.32 Å². The molecule has 6 heteroatoms. The van der Waals surface area contributed by atoms with Gasteiger partial charge in [-0.25, -0.2) is 0 Å². The Balaban J connectivity index is 1.92. The van der Waals surface area contributed by atoms with Gasteiger partial charge < -0.3 is 5.32 Å². The number of anilines is 1. The Morgan fingerprint density at radius 2 is 2.00 bits per heavy atom. The zero-order valence-electron chi connectivity index (χ0n) is 10.1. The average molecular weight is 364 g/mol. The first kappa shape index (κ1) is 14.8. The van der Waals surface area contributed by atoms with Crippen LogP contribution in [0.25, 0.3) is 0 Å². The predicted octanol–water partition coefficient (Wildman–Crippen LogP) is 5.75. The summed E-state index contributed by atoms with van der Waals surface area (Å²) in [7, 11) is 0. The van der Waals surface area contributed by atoms with Crippen molar-refractivity contribution in [3.8, 4) is 0 Å². The summed E-state index contributed by atoms with van der Waals surface area (Å²) in [6, 6.07) is 9.14. The second-order valence-electron chi connectivity index (χ2n) is 3.87. The number of hydrogen-bond acceptors (Lipinski definition) is 3. The van der Waals surface area contributed by atoms with Gasteiger partial charge in [0, 0.05) is 31.4 Å².